The number of rotatable bonds is 3. The van der Waals surface area contributed by atoms with Crippen LogP contribution < -0.4 is 10.1 Å². The van der Waals surface area contributed by atoms with E-state index in [2.05, 4.69) is 5.32 Å². The van der Waals surface area contributed by atoms with Gasteiger partial charge in [-0.05, 0) is 50.0 Å². The van der Waals surface area contributed by atoms with Gasteiger partial charge < -0.3 is 10.1 Å². The van der Waals surface area contributed by atoms with E-state index in [0.717, 1.165) is 38.1 Å². The number of benzene rings is 1. The molecule has 0 aliphatic carbocycles. The molecule has 1 saturated heterocycles. The Labute approximate surface area is 127 Å². The zero-order valence-corrected chi connectivity index (χ0v) is 12.1. The quantitative estimate of drug-likeness (QED) is 0.928. The molecule has 1 heterocycles. The van der Waals surface area contributed by atoms with Crippen molar-refractivity contribution in [3.05, 3.63) is 29.3 Å². The molecule has 21 heavy (non-hydrogen) atoms. The van der Waals surface area contributed by atoms with Crippen LogP contribution in [0, 0.1) is 17.2 Å². The molecule has 3 nitrogen and oxygen atoms in total. The van der Waals surface area contributed by atoms with Gasteiger partial charge in [0, 0.05) is 0 Å². The van der Waals surface area contributed by atoms with E-state index < -0.39 is 11.7 Å². The fourth-order valence-corrected chi connectivity index (χ4v) is 2.18. The maximum Gasteiger partial charge on any atom is 0.416 e. The number of piperidine rings is 1. The van der Waals surface area contributed by atoms with E-state index in [0.29, 0.717) is 12.5 Å². The SMILES string of the molecule is Cl.N#Cc1cc(C(F)(F)F)ccc1OCC1CCNCC1. The second-order valence-electron chi connectivity index (χ2n) is 4.82. The molecule has 0 unspecified atom stereocenters. The fourth-order valence-electron chi connectivity index (χ4n) is 2.18. The van der Waals surface area contributed by atoms with Crippen LogP contribution in [0.3, 0.4) is 0 Å². The number of hydrogen-bond donors (Lipinski definition) is 1. The van der Waals surface area contributed by atoms with Crippen molar-refractivity contribution < 1.29 is 17.9 Å². The molecule has 1 aliphatic rings. The summed E-state index contributed by atoms with van der Waals surface area (Å²) in [6, 6.07) is 4.76. The molecular weight excluding hydrogens is 305 g/mol. The summed E-state index contributed by atoms with van der Waals surface area (Å²) in [4.78, 5) is 0. The van der Waals surface area contributed by atoms with E-state index in [1.807, 2.05) is 0 Å². The monoisotopic (exact) mass is 320 g/mol. The number of nitrogens with zero attached hydrogens (tertiary/aromatic N) is 1. The van der Waals surface area contributed by atoms with Crippen molar-refractivity contribution in [1.82, 2.24) is 5.32 Å². The molecule has 116 valence electrons. The van der Waals surface area contributed by atoms with E-state index in [-0.39, 0.29) is 23.7 Å². The molecule has 0 amide bonds. The van der Waals surface area contributed by atoms with E-state index in [4.69, 9.17) is 10.00 Å². The van der Waals surface area contributed by atoms with Crippen molar-refractivity contribution in [1.29, 1.82) is 5.26 Å². The fraction of sp³-hybridized carbons (Fsp3) is 0.500. The summed E-state index contributed by atoms with van der Waals surface area (Å²) in [5.74, 6) is 0.601. The Hall–Kier alpha value is -1.45. The summed E-state index contributed by atoms with van der Waals surface area (Å²) in [5.41, 5.74) is -0.906. The standard InChI is InChI=1S/C14H15F3N2O.ClH/c15-14(16,17)12-1-2-13(11(7-12)8-18)20-9-10-3-5-19-6-4-10;/h1-2,7,10,19H,3-6,9H2;1H. The average Bonchev–Trinajstić information content (AvgIpc) is 2.45. The van der Waals surface area contributed by atoms with Gasteiger partial charge in [0.05, 0.1) is 17.7 Å². The lowest BCUT2D eigenvalue weighted by Crippen LogP contribution is -2.30. The van der Waals surface area contributed by atoms with Gasteiger partial charge in [-0.3, -0.25) is 0 Å². The van der Waals surface area contributed by atoms with Gasteiger partial charge in [0.25, 0.3) is 0 Å². The number of nitriles is 1. The number of halogens is 4. The Bertz CT molecular complexity index is 508. The Morgan fingerprint density at radius 2 is 1.95 bits per heavy atom. The molecule has 1 fully saturated rings. The summed E-state index contributed by atoms with van der Waals surface area (Å²) >= 11 is 0. The second-order valence-corrected chi connectivity index (χ2v) is 4.82. The highest BCUT2D eigenvalue weighted by molar-refractivity contribution is 5.85. The molecule has 1 aromatic carbocycles. The first-order valence-electron chi connectivity index (χ1n) is 6.45. The maximum absolute atomic E-state index is 12.6. The predicted octanol–water partition coefficient (Wildman–Crippen LogP) is 3.38. The van der Waals surface area contributed by atoms with Gasteiger partial charge in [0.15, 0.2) is 0 Å². The Morgan fingerprint density at radius 1 is 1.29 bits per heavy atom. The molecule has 0 radical (unpaired) electrons. The molecule has 0 atom stereocenters. The molecule has 0 spiro atoms. The van der Waals surface area contributed by atoms with Crippen LogP contribution in [0.25, 0.3) is 0 Å². The van der Waals surface area contributed by atoms with Crippen molar-refractivity contribution in [2.24, 2.45) is 5.92 Å². The summed E-state index contributed by atoms with van der Waals surface area (Å²) in [5, 5.41) is 12.2. The first-order valence-corrected chi connectivity index (χ1v) is 6.45. The van der Waals surface area contributed by atoms with E-state index in [1.54, 1.807) is 6.07 Å². The lowest BCUT2D eigenvalue weighted by Gasteiger charge is -2.23. The molecule has 1 aromatic rings. The zero-order chi connectivity index (χ0) is 14.6. The molecule has 0 aromatic heterocycles. The van der Waals surface area contributed by atoms with Crippen LogP contribution in [0.15, 0.2) is 18.2 Å². The molecule has 0 bridgehead atoms. The van der Waals surface area contributed by atoms with Gasteiger partial charge in [0.1, 0.15) is 11.8 Å². The minimum absolute atomic E-state index is 0. The lowest BCUT2D eigenvalue weighted by molar-refractivity contribution is -0.137. The van der Waals surface area contributed by atoms with E-state index in [9.17, 15) is 13.2 Å². The van der Waals surface area contributed by atoms with Crippen molar-refractivity contribution in [3.63, 3.8) is 0 Å². The lowest BCUT2D eigenvalue weighted by atomic mass is 9.99. The third-order valence-electron chi connectivity index (χ3n) is 3.36. The third-order valence-corrected chi connectivity index (χ3v) is 3.36. The van der Waals surface area contributed by atoms with Crippen molar-refractivity contribution >= 4 is 12.4 Å². The van der Waals surface area contributed by atoms with Gasteiger partial charge in [-0.25, -0.2) is 0 Å². The van der Waals surface area contributed by atoms with Crippen molar-refractivity contribution in [2.75, 3.05) is 19.7 Å². The van der Waals surface area contributed by atoms with Gasteiger partial charge >= 0.3 is 6.18 Å². The van der Waals surface area contributed by atoms with Crippen LogP contribution in [0.4, 0.5) is 13.2 Å². The highest BCUT2D eigenvalue weighted by Gasteiger charge is 2.31. The zero-order valence-electron chi connectivity index (χ0n) is 11.2. The largest absolute Gasteiger partial charge is 0.492 e. The smallest absolute Gasteiger partial charge is 0.416 e. The molecular formula is C14H16ClF3N2O. The van der Waals surface area contributed by atoms with Crippen molar-refractivity contribution in [2.45, 2.75) is 19.0 Å². The topological polar surface area (TPSA) is 45.0 Å². The van der Waals surface area contributed by atoms with Crippen LogP contribution in [0.5, 0.6) is 5.75 Å². The molecule has 2 rings (SSSR count). The first kappa shape index (κ1) is 17.6. The molecule has 7 heteroatoms. The normalized spacial score (nSPS) is 15.9. The highest BCUT2D eigenvalue weighted by atomic mass is 35.5. The van der Waals surface area contributed by atoms with E-state index in [1.165, 1.54) is 6.07 Å². The van der Waals surface area contributed by atoms with Gasteiger partial charge in [-0.2, -0.15) is 18.4 Å². The van der Waals surface area contributed by atoms with Gasteiger partial charge in [-0.15, -0.1) is 12.4 Å². The van der Waals surface area contributed by atoms with Crippen LogP contribution >= 0.6 is 12.4 Å². The minimum Gasteiger partial charge on any atom is -0.492 e. The number of hydrogen-bond acceptors (Lipinski definition) is 3. The summed E-state index contributed by atoms with van der Waals surface area (Å²) < 4.78 is 43.2. The molecule has 1 aliphatic heterocycles. The van der Waals surface area contributed by atoms with Gasteiger partial charge in [-0.1, -0.05) is 0 Å². The van der Waals surface area contributed by atoms with Crippen LogP contribution in [-0.4, -0.2) is 19.7 Å². The average molecular weight is 321 g/mol. The summed E-state index contributed by atoms with van der Waals surface area (Å²) in [6.07, 6.45) is -2.50. The molecule has 0 saturated carbocycles. The number of ether oxygens (including phenoxy) is 1. The minimum atomic E-state index is -4.45. The van der Waals surface area contributed by atoms with Crippen molar-refractivity contribution in [3.8, 4) is 11.8 Å². The van der Waals surface area contributed by atoms with Crippen LogP contribution in [0.2, 0.25) is 0 Å². The number of alkyl halides is 3. The molecule has 1 N–H and O–H groups in total. The highest BCUT2D eigenvalue weighted by Crippen LogP contribution is 2.32. The summed E-state index contributed by atoms with van der Waals surface area (Å²) in [6.45, 7) is 2.28. The Balaban J connectivity index is 0.00000220. The third kappa shape index (κ3) is 4.80. The van der Waals surface area contributed by atoms with E-state index >= 15 is 0 Å². The number of nitrogens with one attached hydrogen (secondary N) is 1. The van der Waals surface area contributed by atoms with Crippen LogP contribution in [0.1, 0.15) is 24.0 Å². The predicted molar refractivity (Wildman–Crippen MR) is 74.5 cm³/mol. The second kappa shape index (κ2) is 7.53. The Kier molecular flexibility index (Phi) is 6.31. The maximum atomic E-state index is 12.6. The Morgan fingerprint density at radius 3 is 2.52 bits per heavy atom. The summed E-state index contributed by atoms with van der Waals surface area (Å²) in [7, 11) is 0. The van der Waals surface area contributed by atoms with Crippen LogP contribution in [-0.2, 0) is 6.18 Å². The van der Waals surface area contributed by atoms with Gasteiger partial charge in [0.2, 0.25) is 0 Å². The first-order chi connectivity index (χ1) is 9.50.